The quantitative estimate of drug-likeness (QED) is 0.726. The lowest BCUT2D eigenvalue weighted by molar-refractivity contribution is 0.288. The molecule has 0 radical (unpaired) electrons. The van der Waals surface area contributed by atoms with Crippen LogP contribution in [0.2, 0.25) is 0 Å². The molecule has 2 heterocycles. The molecule has 1 atom stereocenters. The van der Waals surface area contributed by atoms with Crippen LogP contribution in [0.1, 0.15) is 39.7 Å². The molecule has 0 aliphatic heterocycles. The highest BCUT2D eigenvalue weighted by Gasteiger charge is 2.12. The zero-order valence-corrected chi connectivity index (χ0v) is 15.3. The molecule has 4 nitrogen and oxygen atoms in total. The second-order valence-electron chi connectivity index (χ2n) is 5.34. The van der Waals surface area contributed by atoms with Crippen molar-refractivity contribution >= 4 is 39.3 Å². The fourth-order valence-corrected chi connectivity index (χ4v) is 3.38. The van der Waals surface area contributed by atoms with Gasteiger partial charge in [0.25, 0.3) is 0 Å². The van der Waals surface area contributed by atoms with E-state index in [-0.39, 0.29) is 0 Å². The fourth-order valence-electron chi connectivity index (χ4n) is 2.68. The molecule has 1 N–H and O–H groups in total. The third kappa shape index (κ3) is 3.93. The van der Waals surface area contributed by atoms with Gasteiger partial charge < -0.3 is 9.88 Å². The monoisotopic (exact) mass is 370 g/mol. The minimum absolute atomic E-state index is 0.357. The number of nitrogens with one attached hydrogen (secondary N) is 1. The predicted octanol–water partition coefficient (Wildman–Crippen LogP) is 4.54. The molecule has 21 heavy (non-hydrogen) atoms. The number of hydrogen-bond donors (Lipinski definition) is 1. The van der Waals surface area contributed by atoms with Crippen LogP contribution in [0.4, 0.5) is 0 Å². The summed E-state index contributed by atoms with van der Waals surface area (Å²) in [7, 11) is 0. The third-order valence-corrected chi connectivity index (χ3v) is 4.69. The third-order valence-electron chi connectivity index (χ3n) is 3.95. The molecular weight excluding hydrogens is 348 g/mol. The Hall–Kier alpha value is -0.720. The summed E-state index contributed by atoms with van der Waals surface area (Å²) in [6.45, 7) is 10.0. The van der Waals surface area contributed by atoms with E-state index in [1.807, 2.05) is 12.3 Å². The number of pyridine rings is 1. The van der Waals surface area contributed by atoms with E-state index in [1.165, 1.54) is 6.42 Å². The van der Waals surface area contributed by atoms with Crippen LogP contribution >= 0.6 is 28.1 Å². The number of imidazole rings is 1. The first-order chi connectivity index (χ1) is 10.1. The van der Waals surface area contributed by atoms with Crippen molar-refractivity contribution in [2.24, 2.45) is 0 Å². The van der Waals surface area contributed by atoms with Gasteiger partial charge in [-0.25, -0.2) is 4.98 Å². The van der Waals surface area contributed by atoms with Crippen LogP contribution in [0.3, 0.4) is 0 Å². The predicted molar refractivity (Wildman–Crippen MR) is 94.4 cm³/mol. The SMILES string of the molecule is CCN(CC)CCCC(C)n1c(=S)[nH]c2cc(Br)cnc21. The molecule has 0 spiro atoms. The largest absolute Gasteiger partial charge is 0.329 e. The van der Waals surface area contributed by atoms with Gasteiger partial charge in [0.2, 0.25) is 0 Å². The summed E-state index contributed by atoms with van der Waals surface area (Å²) < 4.78 is 3.86. The second-order valence-corrected chi connectivity index (χ2v) is 6.65. The molecule has 1 unspecified atom stereocenters. The summed E-state index contributed by atoms with van der Waals surface area (Å²) in [6, 6.07) is 2.38. The smallest absolute Gasteiger partial charge is 0.179 e. The molecule has 2 aromatic rings. The first-order valence-corrected chi connectivity index (χ1v) is 8.75. The normalized spacial score (nSPS) is 13.2. The highest BCUT2D eigenvalue weighted by Crippen LogP contribution is 2.22. The van der Waals surface area contributed by atoms with E-state index in [0.717, 1.165) is 46.5 Å². The molecule has 0 bridgehead atoms. The van der Waals surface area contributed by atoms with Gasteiger partial charge >= 0.3 is 0 Å². The number of fused-ring (bicyclic) bond motifs is 1. The molecule has 0 aliphatic carbocycles. The lowest BCUT2D eigenvalue weighted by Gasteiger charge is -2.20. The highest BCUT2D eigenvalue weighted by atomic mass is 79.9. The van der Waals surface area contributed by atoms with Crippen molar-refractivity contribution in [2.75, 3.05) is 19.6 Å². The standard InChI is InChI=1S/C15H23BrN4S/c1-4-19(5-2)8-6-7-11(3)20-14-13(18-15(20)21)9-12(16)10-17-14/h9-11H,4-8H2,1-3H3,(H,18,21). The maximum atomic E-state index is 5.46. The Kier molecular flexibility index (Phi) is 5.96. The van der Waals surface area contributed by atoms with Gasteiger partial charge in [-0.2, -0.15) is 0 Å². The molecule has 0 saturated carbocycles. The van der Waals surface area contributed by atoms with E-state index in [0.29, 0.717) is 6.04 Å². The van der Waals surface area contributed by atoms with Crippen molar-refractivity contribution in [1.29, 1.82) is 0 Å². The van der Waals surface area contributed by atoms with Crippen molar-refractivity contribution in [3.05, 3.63) is 21.5 Å². The zero-order chi connectivity index (χ0) is 15.4. The lowest BCUT2D eigenvalue weighted by Crippen LogP contribution is -2.24. The lowest BCUT2D eigenvalue weighted by atomic mass is 10.1. The minimum atomic E-state index is 0.357. The number of hydrogen-bond acceptors (Lipinski definition) is 3. The van der Waals surface area contributed by atoms with Gasteiger partial charge in [-0.15, -0.1) is 0 Å². The Bertz CT molecular complexity index is 645. The van der Waals surface area contributed by atoms with Crippen molar-refractivity contribution in [3.8, 4) is 0 Å². The Morgan fingerprint density at radius 2 is 2.14 bits per heavy atom. The zero-order valence-electron chi connectivity index (χ0n) is 12.9. The van der Waals surface area contributed by atoms with Crippen LogP contribution in [-0.2, 0) is 0 Å². The van der Waals surface area contributed by atoms with Crippen molar-refractivity contribution in [2.45, 2.75) is 39.7 Å². The molecule has 116 valence electrons. The van der Waals surface area contributed by atoms with Gasteiger partial charge in [0, 0.05) is 16.7 Å². The van der Waals surface area contributed by atoms with Gasteiger partial charge in [0.05, 0.1) is 5.52 Å². The highest BCUT2D eigenvalue weighted by molar-refractivity contribution is 9.10. The molecule has 0 saturated heterocycles. The van der Waals surface area contributed by atoms with E-state index < -0.39 is 0 Å². The van der Waals surface area contributed by atoms with Gasteiger partial charge in [0.15, 0.2) is 10.4 Å². The van der Waals surface area contributed by atoms with Crippen molar-refractivity contribution in [1.82, 2.24) is 19.4 Å². The summed E-state index contributed by atoms with van der Waals surface area (Å²) in [5.41, 5.74) is 1.93. The van der Waals surface area contributed by atoms with Crippen molar-refractivity contribution in [3.63, 3.8) is 0 Å². The van der Waals surface area contributed by atoms with Gasteiger partial charge in [-0.05, 0) is 73.6 Å². The Balaban J connectivity index is 2.11. The van der Waals surface area contributed by atoms with E-state index in [2.05, 4.69) is 56.1 Å². The average molecular weight is 371 g/mol. The van der Waals surface area contributed by atoms with E-state index in [9.17, 15) is 0 Å². The summed E-state index contributed by atoms with van der Waals surface area (Å²) in [5, 5.41) is 0. The molecule has 2 aromatic heterocycles. The van der Waals surface area contributed by atoms with Crippen molar-refractivity contribution < 1.29 is 0 Å². The average Bonchev–Trinajstić information content (AvgIpc) is 2.78. The molecule has 0 aliphatic rings. The molecular formula is C15H23BrN4S. The summed E-state index contributed by atoms with van der Waals surface area (Å²) in [4.78, 5) is 10.2. The first kappa shape index (κ1) is 16.6. The van der Waals surface area contributed by atoms with Gasteiger partial charge in [-0.3, -0.25) is 4.57 Å². The maximum absolute atomic E-state index is 5.46. The van der Waals surface area contributed by atoms with E-state index in [4.69, 9.17) is 12.2 Å². The van der Waals surface area contributed by atoms with Gasteiger partial charge in [0.1, 0.15) is 0 Å². The number of aromatic nitrogens is 3. The number of H-pyrrole nitrogens is 1. The van der Waals surface area contributed by atoms with E-state index >= 15 is 0 Å². The summed E-state index contributed by atoms with van der Waals surface area (Å²) in [6.07, 6.45) is 4.10. The minimum Gasteiger partial charge on any atom is -0.329 e. The Labute approximate surface area is 139 Å². The fraction of sp³-hybridized carbons (Fsp3) is 0.600. The molecule has 0 fully saturated rings. The first-order valence-electron chi connectivity index (χ1n) is 7.54. The maximum Gasteiger partial charge on any atom is 0.179 e. The molecule has 6 heteroatoms. The molecule has 0 amide bonds. The summed E-state index contributed by atoms with van der Waals surface area (Å²) in [5.74, 6) is 0. The topological polar surface area (TPSA) is 36.9 Å². The number of rotatable bonds is 7. The van der Waals surface area contributed by atoms with Crippen LogP contribution in [0.5, 0.6) is 0 Å². The van der Waals surface area contributed by atoms with Crippen LogP contribution in [-0.4, -0.2) is 39.1 Å². The second kappa shape index (κ2) is 7.51. The number of halogens is 1. The van der Waals surface area contributed by atoms with Crippen LogP contribution in [0.25, 0.3) is 11.2 Å². The van der Waals surface area contributed by atoms with Gasteiger partial charge in [-0.1, -0.05) is 13.8 Å². The van der Waals surface area contributed by atoms with Crippen LogP contribution in [0.15, 0.2) is 16.7 Å². The molecule has 2 rings (SSSR count). The molecule has 0 aromatic carbocycles. The summed E-state index contributed by atoms with van der Waals surface area (Å²) >= 11 is 8.91. The number of nitrogens with zero attached hydrogens (tertiary/aromatic N) is 3. The Morgan fingerprint density at radius 1 is 1.43 bits per heavy atom. The van der Waals surface area contributed by atoms with Crippen LogP contribution in [0, 0.1) is 4.77 Å². The van der Waals surface area contributed by atoms with E-state index in [1.54, 1.807) is 0 Å². The Morgan fingerprint density at radius 3 is 2.81 bits per heavy atom. The number of aromatic amines is 1. The van der Waals surface area contributed by atoms with Crippen LogP contribution < -0.4 is 0 Å².